The summed E-state index contributed by atoms with van der Waals surface area (Å²) in [5.74, 6) is -1.00. The summed E-state index contributed by atoms with van der Waals surface area (Å²) >= 11 is 1.56. The molecule has 1 fully saturated rings. The maximum absolute atomic E-state index is 12.6. The van der Waals surface area contributed by atoms with E-state index in [2.05, 4.69) is 13.8 Å². The molecule has 1 aliphatic rings. The van der Waals surface area contributed by atoms with Gasteiger partial charge in [0.25, 0.3) is 5.91 Å². The highest BCUT2D eigenvalue weighted by molar-refractivity contribution is 7.14. The summed E-state index contributed by atoms with van der Waals surface area (Å²) in [6, 6.07) is 2.01. The SMILES string of the molecule is CCCc1cc(C(=O)N2CCC(C(=O)O)CC2C)sc1C. The molecule has 1 saturated heterocycles. The van der Waals surface area contributed by atoms with E-state index in [0.717, 1.165) is 17.7 Å². The number of carbonyl (C=O) groups is 2. The van der Waals surface area contributed by atoms with Crippen LogP contribution in [0.4, 0.5) is 0 Å². The molecule has 21 heavy (non-hydrogen) atoms. The Morgan fingerprint density at radius 2 is 2.19 bits per heavy atom. The van der Waals surface area contributed by atoms with E-state index < -0.39 is 5.97 Å². The van der Waals surface area contributed by atoms with Gasteiger partial charge < -0.3 is 10.0 Å². The van der Waals surface area contributed by atoms with E-state index in [1.807, 2.05) is 17.9 Å². The second-order valence-corrected chi connectivity index (χ2v) is 7.11. The molecule has 2 unspecified atom stereocenters. The topological polar surface area (TPSA) is 57.6 Å². The zero-order valence-electron chi connectivity index (χ0n) is 12.9. The molecule has 1 aromatic rings. The fourth-order valence-corrected chi connectivity index (χ4v) is 4.01. The summed E-state index contributed by atoms with van der Waals surface area (Å²) in [6.07, 6.45) is 3.18. The van der Waals surface area contributed by atoms with Gasteiger partial charge in [-0.15, -0.1) is 11.3 Å². The molecule has 0 bridgehead atoms. The average Bonchev–Trinajstić information content (AvgIpc) is 2.80. The predicted octanol–water partition coefficient (Wildman–Crippen LogP) is 3.33. The van der Waals surface area contributed by atoms with Crippen LogP contribution in [0.5, 0.6) is 0 Å². The number of carbonyl (C=O) groups excluding carboxylic acids is 1. The molecule has 0 saturated carbocycles. The predicted molar refractivity (Wildman–Crippen MR) is 83.9 cm³/mol. The lowest BCUT2D eigenvalue weighted by atomic mass is 9.91. The van der Waals surface area contributed by atoms with E-state index in [1.165, 1.54) is 10.4 Å². The number of hydrogen-bond donors (Lipinski definition) is 1. The minimum Gasteiger partial charge on any atom is -0.481 e. The van der Waals surface area contributed by atoms with E-state index in [1.54, 1.807) is 11.3 Å². The third-order valence-corrected chi connectivity index (χ3v) is 5.32. The molecular formula is C16H23NO3S. The minimum absolute atomic E-state index is 0.00983. The molecule has 0 aromatic carbocycles. The molecule has 0 aliphatic carbocycles. The Balaban J connectivity index is 2.10. The lowest BCUT2D eigenvalue weighted by molar-refractivity contribution is -0.143. The molecule has 2 atom stereocenters. The maximum Gasteiger partial charge on any atom is 0.306 e. The van der Waals surface area contributed by atoms with Crippen LogP contribution in [0.3, 0.4) is 0 Å². The Hall–Kier alpha value is -1.36. The molecule has 2 heterocycles. The number of carboxylic acid groups (broad SMARTS) is 1. The van der Waals surface area contributed by atoms with Crippen LogP contribution >= 0.6 is 11.3 Å². The Morgan fingerprint density at radius 3 is 2.76 bits per heavy atom. The molecule has 1 aromatic heterocycles. The van der Waals surface area contributed by atoms with Crippen molar-refractivity contribution in [3.8, 4) is 0 Å². The van der Waals surface area contributed by atoms with Crippen molar-refractivity contribution in [3.63, 3.8) is 0 Å². The first-order valence-corrected chi connectivity index (χ1v) is 8.38. The Bertz CT molecular complexity index is 538. The number of nitrogens with zero attached hydrogens (tertiary/aromatic N) is 1. The molecule has 116 valence electrons. The molecule has 1 amide bonds. The van der Waals surface area contributed by atoms with Gasteiger partial charge in [0.05, 0.1) is 10.8 Å². The van der Waals surface area contributed by atoms with Gasteiger partial charge in [-0.1, -0.05) is 13.3 Å². The minimum atomic E-state index is -0.744. The van der Waals surface area contributed by atoms with Crippen LogP contribution in [0, 0.1) is 12.8 Å². The third-order valence-electron chi connectivity index (χ3n) is 4.24. The Kier molecular flexibility index (Phi) is 5.04. The second kappa shape index (κ2) is 6.60. The normalized spacial score (nSPS) is 22.3. The summed E-state index contributed by atoms with van der Waals surface area (Å²) < 4.78 is 0. The number of amides is 1. The molecule has 5 heteroatoms. The van der Waals surface area contributed by atoms with Crippen molar-refractivity contribution < 1.29 is 14.7 Å². The lowest BCUT2D eigenvalue weighted by Crippen LogP contribution is -2.45. The molecule has 1 aliphatic heterocycles. The fourth-order valence-electron chi connectivity index (χ4n) is 2.98. The number of likely N-dealkylation sites (tertiary alicyclic amines) is 1. The summed E-state index contributed by atoms with van der Waals surface area (Å²) in [5.41, 5.74) is 1.26. The van der Waals surface area contributed by atoms with E-state index in [0.29, 0.717) is 19.4 Å². The van der Waals surface area contributed by atoms with E-state index in [-0.39, 0.29) is 17.9 Å². The Labute approximate surface area is 129 Å². The van der Waals surface area contributed by atoms with Crippen LogP contribution in [0.25, 0.3) is 0 Å². The second-order valence-electron chi connectivity index (χ2n) is 5.85. The van der Waals surface area contributed by atoms with Crippen LogP contribution in [-0.4, -0.2) is 34.5 Å². The molecule has 0 spiro atoms. The van der Waals surface area contributed by atoms with Gasteiger partial charge in [-0.05, 0) is 44.7 Å². The number of thiophene rings is 1. The number of aliphatic carboxylic acids is 1. The van der Waals surface area contributed by atoms with E-state index >= 15 is 0 Å². The summed E-state index contributed by atoms with van der Waals surface area (Å²) in [5, 5.41) is 9.10. The van der Waals surface area contributed by atoms with Gasteiger partial charge in [-0.3, -0.25) is 9.59 Å². The van der Waals surface area contributed by atoms with Crippen LogP contribution in [0.15, 0.2) is 6.07 Å². The van der Waals surface area contributed by atoms with Crippen molar-refractivity contribution in [3.05, 3.63) is 21.4 Å². The average molecular weight is 309 g/mol. The highest BCUT2D eigenvalue weighted by Crippen LogP contribution is 2.28. The van der Waals surface area contributed by atoms with Crippen molar-refractivity contribution in [2.24, 2.45) is 5.92 Å². The van der Waals surface area contributed by atoms with Crippen molar-refractivity contribution in [1.29, 1.82) is 0 Å². The number of carboxylic acids is 1. The van der Waals surface area contributed by atoms with Crippen LogP contribution in [-0.2, 0) is 11.2 Å². The van der Waals surface area contributed by atoms with Gasteiger partial charge in [0.1, 0.15) is 0 Å². The first-order valence-electron chi connectivity index (χ1n) is 7.57. The first kappa shape index (κ1) is 16.0. The molecule has 1 N–H and O–H groups in total. The lowest BCUT2D eigenvalue weighted by Gasteiger charge is -2.36. The molecule has 0 radical (unpaired) electrons. The van der Waals surface area contributed by atoms with Crippen molar-refractivity contribution in [1.82, 2.24) is 4.90 Å². The van der Waals surface area contributed by atoms with Crippen LogP contribution in [0.2, 0.25) is 0 Å². The fraction of sp³-hybridized carbons (Fsp3) is 0.625. The van der Waals surface area contributed by atoms with E-state index in [4.69, 9.17) is 5.11 Å². The smallest absolute Gasteiger partial charge is 0.306 e. The van der Waals surface area contributed by atoms with E-state index in [9.17, 15) is 9.59 Å². The molecule has 4 nitrogen and oxygen atoms in total. The largest absolute Gasteiger partial charge is 0.481 e. The summed E-state index contributed by atoms with van der Waals surface area (Å²) in [4.78, 5) is 27.5. The quantitative estimate of drug-likeness (QED) is 0.928. The van der Waals surface area contributed by atoms with Gasteiger partial charge in [0, 0.05) is 17.5 Å². The first-order chi connectivity index (χ1) is 9.93. The van der Waals surface area contributed by atoms with Gasteiger partial charge >= 0.3 is 5.97 Å². The van der Waals surface area contributed by atoms with Gasteiger partial charge in [0.15, 0.2) is 0 Å². The third kappa shape index (κ3) is 3.46. The monoisotopic (exact) mass is 309 g/mol. The summed E-state index contributed by atoms with van der Waals surface area (Å²) in [6.45, 7) is 6.68. The Morgan fingerprint density at radius 1 is 1.48 bits per heavy atom. The van der Waals surface area contributed by atoms with Gasteiger partial charge in [0.2, 0.25) is 0 Å². The number of aryl methyl sites for hydroxylation is 2. The highest BCUT2D eigenvalue weighted by Gasteiger charge is 2.33. The molecular weight excluding hydrogens is 286 g/mol. The number of rotatable bonds is 4. The molecule has 2 rings (SSSR count). The standard InChI is InChI=1S/C16H23NO3S/c1-4-5-12-9-14(21-11(12)3)15(18)17-7-6-13(16(19)20)8-10(17)2/h9-10,13H,4-8H2,1-3H3,(H,19,20). The van der Waals surface area contributed by atoms with Gasteiger partial charge in [-0.2, -0.15) is 0 Å². The van der Waals surface area contributed by atoms with Crippen LogP contribution < -0.4 is 0 Å². The van der Waals surface area contributed by atoms with Gasteiger partial charge in [-0.25, -0.2) is 0 Å². The van der Waals surface area contributed by atoms with Crippen molar-refractivity contribution >= 4 is 23.2 Å². The zero-order valence-corrected chi connectivity index (χ0v) is 13.7. The maximum atomic E-state index is 12.6. The highest BCUT2D eigenvalue weighted by atomic mass is 32.1. The van der Waals surface area contributed by atoms with Crippen molar-refractivity contribution in [2.45, 2.75) is 52.5 Å². The van der Waals surface area contributed by atoms with Crippen LogP contribution in [0.1, 0.15) is 53.2 Å². The number of hydrogen-bond acceptors (Lipinski definition) is 3. The summed E-state index contributed by atoms with van der Waals surface area (Å²) in [7, 11) is 0. The number of piperidine rings is 1. The van der Waals surface area contributed by atoms with Crippen molar-refractivity contribution in [2.75, 3.05) is 6.54 Å². The zero-order chi connectivity index (χ0) is 15.6.